The first-order valence-electron chi connectivity index (χ1n) is 6.24. The molecule has 1 amide bonds. The predicted molar refractivity (Wildman–Crippen MR) is 66.4 cm³/mol. The van der Waals surface area contributed by atoms with Gasteiger partial charge in [-0.3, -0.25) is 4.79 Å². The third-order valence-corrected chi connectivity index (χ3v) is 1.98. The molecule has 0 unspecified atom stereocenters. The Hall–Kier alpha value is -0.980. The van der Waals surface area contributed by atoms with Crippen LogP contribution in [0.5, 0.6) is 0 Å². The van der Waals surface area contributed by atoms with Crippen molar-refractivity contribution in [1.82, 2.24) is 5.32 Å². The van der Waals surface area contributed by atoms with Gasteiger partial charge in [0.15, 0.2) is 0 Å². The van der Waals surface area contributed by atoms with E-state index in [1.807, 2.05) is 6.92 Å². The summed E-state index contributed by atoms with van der Waals surface area (Å²) in [6.07, 6.45) is 2.12. The zero-order chi connectivity index (χ0) is 13.5. The minimum absolute atomic E-state index is 0.0599. The van der Waals surface area contributed by atoms with Gasteiger partial charge in [0.25, 0.3) is 0 Å². The van der Waals surface area contributed by atoms with Crippen LogP contribution >= 0.6 is 0 Å². The summed E-state index contributed by atoms with van der Waals surface area (Å²) in [6, 6.07) is 0. The summed E-state index contributed by atoms with van der Waals surface area (Å²) in [6.45, 7) is 4.91. The lowest BCUT2D eigenvalue weighted by atomic mass is 10.3. The molecule has 0 aliphatic heterocycles. The van der Waals surface area contributed by atoms with Crippen molar-refractivity contribution < 1.29 is 23.8 Å². The lowest BCUT2D eigenvalue weighted by Crippen LogP contribution is -2.27. The van der Waals surface area contributed by atoms with Crippen LogP contribution in [0.1, 0.15) is 19.8 Å². The van der Waals surface area contributed by atoms with Crippen molar-refractivity contribution in [2.24, 2.45) is 0 Å². The highest BCUT2D eigenvalue weighted by Crippen LogP contribution is 1.85. The summed E-state index contributed by atoms with van der Waals surface area (Å²) >= 11 is 0. The van der Waals surface area contributed by atoms with Gasteiger partial charge in [0.2, 0.25) is 5.91 Å². The van der Waals surface area contributed by atoms with E-state index < -0.39 is 0 Å². The fourth-order valence-electron chi connectivity index (χ4n) is 1.15. The van der Waals surface area contributed by atoms with Gasteiger partial charge in [0, 0.05) is 13.0 Å². The molecule has 0 rings (SSSR count). The Labute approximate surface area is 108 Å². The fourth-order valence-corrected chi connectivity index (χ4v) is 1.15. The number of carbonyl (C=O) groups excluding carboxylic acids is 2. The number of carbonyl (C=O) groups is 2. The van der Waals surface area contributed by atoms with Gasteiger partial charge in [-0.1, -0.05) is 6.92 Å². The van der Waals surface area contributed by atoms with Gasteiger partial charge in [-0.25, -0.2) is 0 Å². The Morgan fingerprint density at radius 1 is 1.06 bits per heavy atom. The summed E-state index contributed by atoms with van der Waals surface area (Å²) in [5, 5.41) is 2.75. The van der Waals surface area contributed by atoms with Crippen LogP contribution in [0.15, 0.2) is 0 Å². The van der Waals surface area contributed by atoms with Crippen LogP contribution in [0.4, 0.5) is 0 Å². The van der Waals surface area contributed by atoms with Crippen LogP contribution in [0, 0.1) is 0 Å². The van der Waals surface area contributed by atoms with E-state index in [1.54, 1.807) is 0 Å². The average Bonchev–Trinajstić information content (AvgIpc) is 2.36. The number of hydrogen-bond acceptors (Lipinski definition) is 5. The van der Waals surface area contributed by atoms with Crippen LogP contribution in [-0.4, -0.2) is 58.4 Å². The van der Waals surface area contributed by atoms with Gasteiger partial charge in [-0.05, 0) is 6.42 Å². The smallest absolute Gasteiger partial charge is 0.220 e. The molecule has 0 heterocycles. The van der Waals surface area contributed by atoms with Crippen molar-refractivity contribution in [1.29, 1.82) is 0 Å². The second-order valence-electron chi connectivity index (χ2n) is 3.57. The number of rotatable bonds is 13. The number of hydrogen-bond donors (Lipinski definition) is 1. The molecular weight excluding hydrogens is 238 g/mol. The average molecular weight is 261 g/mol. The summed E-state index contributed by atoms with van der Waals surface area (Å²) in [4.78, 5) is 21.0. The molecule has 0 aromatic heterocycles. The van der Waals surface area contributed by atoms with Gasteiger partial charge in [-0.2, -0.15) is 0 Å². The minimum atomic E-state index is 0.0599. The second kappa shape index (κ2) is 14.1. The molecule has 0 radical (unpaired) electrons. The second-order valence-corrected chi connectivity index (χ2v) is 3.57. The molecular formula is C12H23NO5. The van der Waals surface area contributed by atoms with Crippen molar-refractivity contribution in [2.75, 3.05) is 46.2 Å². The van der Waals surface area contributed by atoms with Crippen molar-refractivity contribution in [3.05, 3.63) is 0 Å². The summed E-state index contributed by atoms with van der Waals surface area (Å²) in [5.41, 5.74) is 0. The Morgan fingerprint density at radius 2 is 1.67 bits per heavy atom. The topological polar surface area (TPSA) is 73.9 Å². The fraction of sp³-hybridized carbons (Fsp3) is 0.833. The molecule has 0 aromatic rings. The Balaban J connectivity index is 3.03. The van der Waals surface area contributed by atoms with E-state index in [2.05, 4.69) is 5.32 Å². The molecule has 0 fully saturated rings. The van der Waals surface area contributed by atoms with Crippen molar-refractivity contribution in [2.45, 2.75) is 19.8 Å². The van der Waals surface area contributed by atoms with Crippen LogP contribution in [0.3, 0.4) is 0 Å². The van der Waals surface area contributed by atoms with Crippen molar-refractivity contribution >= 4 is 12.2 Å². The largest absolute Gasteiger partial charge is 0.377 e. The van der Waals surface area contributed by atoms with E-state index >= 15 is 0 Å². The van der Waals surface area contributed by atoms with E-state index in [0.29, 0.717) is 52.3 Å². The monoisotopic (exact) mass is 261 g/mol. The quantitative estimate of drug-likeness (QED) is 0.377. The summed E-state index contributed by atoms with van der Waals surface area (Å²) in [5.74, 6) is 0.0599. The van der Waals surface area contributed by atoms with Gasteiger partial charge in [0.1, 0.15) is 12.9 Å². The summed E-state index contributed by atoms with van der Waals surface area (Å²) in [7, 11) is 0. The van der Waals surface area contributed by atoms with Gasteiger partial charge in [0.05, 0.1) is 33.0 Å². The molecule has 106 valence electrons. The SMILES string of the molecule is CCCC(=O)NCCOCCOCCOCC=O. The zero-order valence-electron chi connectivity index (χ0n) is 11.0. The normalized spacial score (nSPS) is 10.3. The highest BCUT2D eigenvalue weighted by Gasteiger charge is 1.97. The van der Waals surface area contributed by atoms with E-state index in [0.717, 1.165) is 6.42 Å². The first-order valence-corrected chi connectivity index (χ1v) is 6.24. The molecule has 0 saturated carbocycles. The van der Waals surface area contributed by atoms with Gasteiger partial charge < -0.3 is 24.3 Å². The first kappa shape index (κ1) is 17.0. The van der Waals surface area contributed by atoms with Crippen molar-refractivity contribution in [3.8, 4) is 0 Å². The molecule has 0 aliphatic carbocycles. The van der Waals surface area contributed by atoms with Gasteiger partial charge >= 0.3 is 0 Å². The molecule has 18 heavy (non-hydrogen) atoms. The maximum atomic E-state index is 11.1. The molecule has 0 aliphatic rings. The Bertz CT molecular complexity index is 211. The molecule has 6 nitrogen and oxygen atoms in total. The molecule has 0 atom stereocenters. The molecule has 0 saturated heterocycles. The predicted octanol–water partition coefficient (Wildman–Crippen LogP) is 0.151. The zero-order valence-corrected chi connectivity index (χ0v) is 11.0. The highest BCUT2D eigenvalue weighted by atomic mass is 16.5. The highest BCUT2D eigenvalue weighted by molar-refractivity contribution is 5.75. The number of nitrogens with one attached hydrogen (secondary N) is 1. The number of ether oxygens (including phenoxy) is 3. The third-order valence-electron chi connectivity index (χ3n) is 1.98. The summed E-state index contributed by atoms with van der Waals surface area (Å²) < 4.78 is 15.3. The molecule has 6 heteroatoms. The van der Waals surface area contributed by atoms with Crippen molar-refractivity contribution in [3.63, 3.8) is 0 Å². The molecule has 0 bridgehead atoms. The maximum absolute atomic E-state index is 11.1. The number of amides is 1. The molecule has 1 N–H and O–H groups in total. The molecule has 0 aromatic carbocycles. The minimum Gasteiger partial charge on any atom is -0.377 e. The maximum Gasteiger partial charge on any atom is 0.220 e. The van der Waals surface area contributed by atoms with E-state index in [-0.39, 0.29) is 12.5 Å². The Kier molecular flexibility index (Phi) is 13.3. The van der Waals surface area contributed by atoms with Crippen LogP contribution < -0.4 is 5.32 Å². The molecule has 0 spiro atoms. The Morgan fingerprint density at radius 3 is 2.28 bits per heavy atom. The van der Waals surface area contributed by atoms with E-state index in [9.17, 15) is 9.59 Å². The number of aldehydes is 1. The van der Waals surface area contributed by atoms with E-state index in [4.69, 9.17) is 14.2 Å². The first-order chi connectivity index (χ1) is 8.81. The van der Waals surface area contributed by atoms with Gasteiger partial charge in [-0.15, -0.1) is 0 Å². The lowest BCUT2D eigenvalue weighted by Gasteiger charge is -2.06. The van der Waals surface area contributed by atoms with Crippen LogP contribution in [0.2, 0.25) is 0 Å². The van der Waals surface area contributed by atoms with Crippen LogP contribution in [0.25, 0.3) is 0 Å². The standard InChI is InChI=1S/C12H23NO5/c1-2-3-12(15)13-4-6-16-8-10-18-11-9-17-7-5-14/h5H,2-4,6-11H2,1H3,(H,13,15). The van der Waals surface area contributed by atoms with E-state index in [1.165, 1.54) is 0 Å². The van der Waals surface area contributed by atoms with Crippen LogP contribution in [-0.2, 0) is 23.8 Å². The third kappa shape index (κ3) is 13.1. The lowest BCUT2D eigenvalue weighted by molar-refractivity contribution is -0.121.